The van der Waals surface area contributed by atoms with Crippen molar-refractivity contribution in [2.75, 3.05) is 38.0 Å². The summed E-state index contributed by atoms with van der Waals surface area (Å²) in [5.41, 5.74) is 1.02. The van der Waals surface area contributed by atoms with Gasteiger partial charge in [-0.2, -0.15) is 4.31 Å². The molecule has 25 heavy (non-hydrogen) atoms. The second-order valence-corrected chi connectivity index (χ2v) is 8.71. The molecule has 9 heteroatoms. The Morgan fingerprint density at radius 2 is 1.88 bits per heavy atom. The number of hydrogen-bond acceptors (Lipinski definition) is 6. The van der Waals surface area contributed by atoms with Crippen molar-refractivity contribution in [2.24, 2.45) is 0 Å². The van der Waals surface area contributed by atoms with E-state index >= 15 is 0 Å². The molecule has 1 aromatic carbocycles. The van der Waals surface area contributed by atoms with Crippen LogP contribution in [0.5, 0.6) is 0 Å². The zero-order valence-electron chi connectivity index (χ0n) is 13.9. The largest absolute Gasteiger partial charge is 0.301 e. The highest BCUT2D eigenvalue weighted by molar-refractivity contribution is 7.89. The van der Waals surface area contributed by atoms with Gasteiger partial charge in [0.2, 0.25) is 15.9 Å². The molecule has 134 valence electrons. The fourth-order valence-electron chi connectivity index (χ4n) is 2.63. The lowest BCUT2D eigenvalue weighted by molar-refractivity contribution is -0.117. The number of piperazine rings is 1. The Morgan fingerprint density at radius 1 is 1.20 bits per heavy atom. The molecule has 0 atom stereocenters. The van der Waals surface area contributed by atoms with E-state index in [1.807, 2.05) is 11.8 Å². The fraction of sp³-hybridized carbons (Fsp3) is 0.375. The number of hydrogen-bond donors (Lipinski definition) is 1. The Balaban J connectivity index is 1.54. The maximum Gasteiger partial charge on any atom is 0.243 e. The number of benzene rings is 1. The Morgan fingerprint density at radius 3 is 2.48 bits per heavy atom. The molecule has 2 aromatic rings. The standard InChI is InChI=1S/C16H20N4O3S2/c1-13-2-4-14(5-3-13)25(22,23)20-9-7-19(8-10-20)12-15(21)18-16-17-6-11-24-16/h2-6,11H,7-10,12H2,1H3,(H,17,18,21). The van der Waals surface area contributed by atoms with Crippen molar-refractivity contribution in [1.29, 1.82) is 0 Å². The van der Waals surface area contributed by atoms with Gasteiger partial charge in [-0.1, -0.05) is 17.7 Å². The van der Waals surface area contributed by atoms with E-state index in [1.165, 1.54) is 15.6 Å². The molecule has 1 amide bonds. The number of aromatic nitrogens is 1. The number of nitrogens with one attached hydrogen (secondary N) is 1. The number of rotatable bonds is 5. The van der Waals surface area contributed by atoms with Crippen LogP contribution in [0.3, 0.4) is 0 Å². The molecule has 0 saturated carbocycles. The van der Waals surface area contributed by atoms with Crippen LogP contribution in [0.1, 0.15) is 5.56 Å². The number of anilines is 1. The Kier molecular flexibility index (Phi) is 5.48. The maximum absolute atomic E-state index is 12.7. The van der Waals surface area contributed by atoms with Crippen LogP contribution >= 0.6 is 11.3 Å². The van der Waals surface area contributed by atoms with Crippen molar-refractivity contribution >= 4 is 32.4 Å². The van der Waals surface area contributed by atoms with E-state index in [1.54, 1.807) is 35.8 Å². The van der Waals surface area contributed by atoms with Crippen molar-refractivity contribution in [3.63, 3.8) is 0 Å². The lowest BCUT2D eigenvalue weighted by Crippen LogP contribution is -2.50. The minimum Gasteiger partial charge on any atom is -0.301 e. The van der Waals surface area contributed by atoms with Gasteiger partial charge in [-0.15, -0.1) is 11.3 Å². The van der Waals surface area contributed by atoms with Crippen LogP contribution in [0.25, 0.3) is 0 Å². The number of nitrogens with zero attached hydrogens (tertiary/aromatic N) is 3. The molecule has 3 rings (SSSR count). The lowest BCUT2D eigenvalue weighted by Gasteiger charge is -2.33. The van der Waals surface area contributed by atoms with Crippen LogP contribution in [0, 0.1) is 6.92 Å². The average Bonchev–Trinajstić information content (AvgIpc) is 3.08. The van der Waals surface area contributed by atoms with Crippen molar-refractivity contribution in [3.05, 3.63) is 41.4 Å². The second kappa shape index (κ2) is 7.61. The van der Waals surface area contributed by atoms with Crippen LogP contribution in [0.2, 0.25) is 0 Å². The third-order valence-electron chi connectivity index (χ3n) is 4.04. The topological polar surface area (TPSA) is 82.6 Å². The SMILES string of the molecule is Cc1ccc(S(=O)(=O)N2CCN(CC(=O)Nc3nccs3)CC2)cc1. The summed E-state index contributed by atoms with van der Waals surface area (Å²) in [4.78, 5) is 18.3. The third kappa shape index (κ3) is 4.43. The third-order valence-corrected chi connectivity index (χ3v) is 6.64. The number of carbonyl (C=O) groups excluding carboxylic acids is 1. The summed E-state index contributed by atoms with van der Waals surface area (Å²) in [5, 5.41) is 5.11. The van der Waals surface area contributed by atoms with E-state index in [4.69, 9.17) is 0 Å². The van der Waals surface area contributed by atoms with Gasteiger partial charge in [-0.3, -0.25) is 9.69 Å². The number of amides is 1. The summed E-state index contributed by atoms with van der Waals surface area (Å²) in [6, 6.07) is 6.87. The lowest BCUT2D eigenvalue weighted by atomic mass is 10.2. The number of aryl methyl sites for hydroxylation is 1. The van der Waals surface area contributed by atoms with Crippen LogP contribution in [-0.2, 0) is 14.8 Å². The van der Waals surface area contributed by atoms with Gasteiger partial charge in [0, 0.05) is 37.8 Å². The first-order valence-electron chi connectivity index (χ1n) is 7.94. The number of sulfonamides is 1. The Labute approximate surface area is 151 Å². The molecule has 0 aliphatic carbocycles. The minimum atomic E-state index is -3.47. The number of thiazole rings is 1. The molecule has 0 unspecified atom stereocenters. The summed E-state index contributed by atoms with van der Waals surface area (Å²) < 4.78 is 26.8. The Hall–Kier alpha value is -1.81. The molecule has 1 N–H and O–H groups in total. The summed E-state index contributed by atoms with van der Waals surface area (Å²) in [6.07, 6.45) is 1.63. The summed E-state index contributed by atoms with van der Waals surface area (Å²) in [7, 11) is -3.47. The molecule has 1 aromatic heterocycles. The van der Waals surface area contributed by atoms with Gasteiger partial charge < -0.3 is 5.32 Å². The number of carbonyl (C=O) groups is 1. The highest BCUT2D eigenvalue weighted by atomic mass is 32.2. The monoisotopic (exact) mass is 380 g/mol. The van der Waals surface area contributed by atoms with Crippen LogP contribution in [-0.4, -0.2) is 61.2 Å². The smallest absolute Gasteiger partial charge is 0.243 e. The zero-order chi connectivity index (χ0) is 17.9. The van der Waals surface area contributed by atoms with E-state index in [0.717, 1.165) is 5.56 Å². The van der Waals surface area contributed by atoms with Crippen molar-refractivity contribution in [2.45, 2.75) is 11.8 Å². The fourth-order valence-corrected chi connectivity index (χ4v) is 4.60. The molecule has 1 aliphatic heterocycles. The van der Waals surface area contributed by atoms with E-state index in [2.05, 4.69) is 10.3 Å². The van der Waals surface area contributed by atoms with Gasteiger partial charge in [0.05, 0.1) is 11.4 Å². The van der Waals surface area contributed by atoms with Crippen LogP contribution in [0.15, 0.2) is 40.7 Å². The first kappa shape index (κ1) is 18.0. The molecule has 2 heterocycles. The predicted molar refractivity (Wildman–Crippen MR) is 97.1 cm³/mol. The van der Waals surface area contributed by atoms with Gasteiger partial charge in [0.15, 0.2) is 5.13 Å². The van der Waals surface area contributed by atoms with Gasteiger partial charge in [-0.25, -0.2) is 13.4 Å². The maximum atomic E-state index is 12.7. The molecule has 1 saturated heterocycles. The molecule has 0 radical (unpaired) electrons. The van der Waals surface area contributed by atoms with E-state index in [0.29, 0.717) is 36.2 Å². The Bertz CT molecular complexity index is 812. The van der Waals surface area contributed by atoms with Gasteiger partial charge >= 0.3 is 0 Å². The highest BCUT2D eigenvalue weighted by Gasteiger charge is 2.29. The van der Waals surface area contributed by atoms with Crippen molar-refractivity contribution < 1.29 is 13.2 Å². The highest BCUT2D eigenvalue weighted by Crippen LogP contribution is 2.18. The molecule has 7 nitrogen and oxygen atoms in total. The normalized spacial score (nSPS) is 16.7. The summed E-state index contributed by atoms with van der Waals surface area (Å²) >= 11 is 1.37. The van der Waals surface area contributed by atoms with E-state index in [9.17, 15) is 13.2 Å². The minimum absolute atomic E-state index is 0.134. The van der Waals surface area contributed by atoms with Gasteiger partial charge in [-0.05, 0) is 19.1 Å². The molecule has 0 bridgehead atoms. The van der Waals surface area contributed by atoms with Gasteiger partial charge in [0.1, 0.15) is 0 Å². The summed E-state index contributed by atoms with van der Waals surface area (Å²) in [5.74, 6) is -0.134. The second-order valence-electron chi connectivity index (χ2n) is 5.88. The average molecular weight is 380 g/mol. The molecular weight excluding hydrogens is 360 g/mol. The first-order valence-corrected chi connectivity index (χ1v) is 10.3. The molecular formula is C16H20N4O3S2. The van der Waals surface area contributed by atoms with Gasteiger partial charge in [0.25, 0.3) is 0 Å². The molecule has 1 aliphatic rings. The van der Waals surface area contributed by atoms with Crippen molar-refractivity contribution in [3.8, 4) is 0 Å². The molecule has 0 spiro atoms. The molecule has 1 fully saturated rings. The quantitative estimate of drug-likeness (QED) is 0.848. The summed E-state index contributed by atoms with van der Waals surface area (Å²) in [6.45, 7) is 3.96. The first-order chi connectivity index (χ1) is 11.9. The zero-order valence-corrected chi connectivity index (χ0v) is 15.5. The van der Waals surface area contributed by atoms with Crippen molar-refractivity contribution in [1.82, 2.24) is 14.2 Å². The van der Waals surface area contributed by atoms with E-state index < -0.39 is 10.0 Å². The van der Waals surface area contributed by atoms with Crippen LogP contribution in [0.4, 0.5) is 5.13 Å². The van der Waals surface area contributed by atoms with E-state index in [-0.39, 0.29) is 12.5 Å². The van der Waals surface area contributed by atoms with Crippen LogP contribution < -0.4 is 5.32 Å². The predicted octanol–water partition coefficient (Wildman–Crippen LogP) is 1.40.